The van der Waals surface area contributed by atoms with Gasteiger partial charge in [-0.3, -0.25) is 4.79 Å². The Morgan fingerprint density at radius 1 is 0.938 bits per heavy atom. The Labute approximate surface area is 199 Å². The SMILES string of the molecule is O=C([C@H]1CCCN(S(=O)(=O)Cc2ccc(Cl)c(Cl)c2)C1)N1CCN(c2ccccc2)CC1. The van der Waals surface area contributed by atoms with E-state index in [-0.39, 0.29) is 24.1 Å². The summed E-state index contributed by atoms with van der Waals surface area (Å²) in [5.41, 5.74) is 1.75. The van der Waals surface area contributed by atoms with Gasteiger partial charge in [-0.15, -0.1) is 0 Å². The van der Waals surface area contributed by atoms with Crippen LogP contribution >= 0.6 is 23.2 Å². The van der Waals surface area contributed by atoms with Gasteiger partial charge in [0.25, 0.3) is 0 Å². The van der Waals surface area contributed by atoms with Gasteiger partial charge in [-0.25, -0.2) is 12.7 Å². The van der Waals surface area contributed by atoms with E-state index >= 15 is 0 Å². The van der Waals surface area contributed by atoms with Crippen molar-refractivity contribution in [3.05, 3.63) is 64.1 Å². The fraction of sp³-hybridized carbons (Fsp3) is 0.435. The molecule has 0 saturated carbocycles. The number of anilines is 1. The molecule has 2 aromatic rings. The van der Waals surface area contributed by atoms with Gasteiger partial charge in [0.05, 0.1) is 21.7 Å². The quantitative estimate of drug-likeness (QED) is 0.631. The highest BCUT2D eigenvalue weighted by Gasteiger charge is 2.35. The third-order valence-electron chi connectivity index (χ3n) is 6.17. The molecule has 2 saturated heterocycles. The number of piperazine rings is 1. The standard InChI is InChI=1S/C23H27Cl2N3O3S/c24-21-9-8-18(15-22(21)25)17-32(30,31)28-10-4-5-19(16-28)23(29)27-13-11-26(12-14-27)20-6-2-1-3-7-20/h1-3,6-9,15,19H,4-5,10-14,16-17H2/t19-/m0/s1. The molecule has 0 aliphatic carbocycles. The van der Waals surface area contributed by atoms with Crippen LogP contribution in [-0.2, 0) is 20.6 Å². The highest BCUT2D eigenvalue weighted by Crippen LogP contribution is 2.27. The molecule has 0 aromatic heterocycles. The number of sulfonamides is 1. The summed E-state index contributed by atoms with van der Waals surface area (Å²) in [4.78, 5) is 17.3. The van der Waals surface area contributed by atoms with Crippen molar-refractivity contribution in [1.29, 1.82) is 0 Å². The maximum absolute atomic E-state index is 13.2. The van der Waals surface area contributed by atoms with Crippen LogP contribution in [0.2, 0.25) is 10.0 Å². The number of hydrogen-bond donors (Lipinski definition) is 0. The fourth-order valence-corrected chi connectivity index (χ4v) is 6.33. The van der Waals surface area contributed by atoms with Crippen LogP contribution in [0.25, 0.3) is 0 Å². The van der Waals surface area contributed by atoms with Crippen LogP contribution in [0.5, 0.6) is 0 Å². The fourth-order valence-electron chi connectivity index (χ4n) is 4.41. The molecule has 4 rings (SSSR count). The zero-order chi connectivity index (χ0) is 22.7. The van der Waals surface area contributed by atoms with Gasteiger partial charge in [-0.1, -0.05) is 47.5 Å². The summed E-state index contributed by atoms with van der Waals surface area (Å²) in [5, 5.41) is 0.726. The molecule has 9 heteroatoms. The van der Waals surface area contributed by atoms with Crippen LogP contribution < -0.4 is 4.90 Å². The van der Waals surface area contributed by atoms with E-state index < -0.39 is 10.0 Å². The largest absolute Gasteiger partial charge is 0.368 e. The van der Waals surface area contributed by atoms with E-state index in [1.165, 1.54) is 4.31 Å². The third kappa shape index (κ3) is 5.39. The van der Waals surface area contributed by atoms with Gasteiger partial charge in [0.2, 0.25) is 15.9 Å². The van der Waals surface area contributed by atoms with Crippen LogP contribution in [0, 0.1) is 5.92 Å². The number of nitrogens with zero attached hydrogens (tertiary/aromatic N) is 3. The molecule has 2 fully saturated rings. The van der Waals surface area contributed by atoms with E-state index in [9.17, 15) is 13.2 Å². The molecular formula is C23H27Cl2N3O3S. The van der Waals surface area contributed by atoms with Crippen molar-refractivity contribution in [3.63, 3.8) is 0 Å². The third-order valence-corrected chi connectivity index (χ3v) is 8.73. The van der Waals surface area contributed by atoms with Gasteiger partial charge in [-0.2, -0.15) is 0 Å². The van der Waals surface area contributed by atoms with E-state index in [0.717, 1.165) is 25.2 Å². The first-order chi connectivity index (χ1) is 15.3. The molecule has 0 spiro atoms. The predicted octanol–water partition coefficient (Wildman–Crippen LogP) is 3.88. The summed E-state index contributed by atoms with van der Waals surface area (Å²) in [5.74, 6) is -0.386. The lowest BCUT2D eigenvalue weighted by Gasteiger charge is -2.39. The van der Waals surface area contributed by atoms with Crippen LogP contribution in [-0.4, -0.2) is 62.8 Å². The van der Waals surface area contributed by atoms with Crippen molar-refractivity contribution in [1.82, 2.24) is 9.21 Å². The summed E-state index contributed by atoms with van der Waals surface area (Å²) in [6.45, 7) is 3.54. The molecule has 1 atom stereocenters. The smallest absolute Gasteiger partial charge is 0.227 e. The summed E-state index contributed by atoms with van der Waals surface area (Å²) >= 11 is 12.0. The molecule has 2 aliphatic rings. The van der Waals surface area contributed by atoms with E-state index in [1.54, 1.807) is 18.2 Å². The zero-order valence-corrected chi connectivity index (χ0v) is 20.1. The van der Waals surface area contributed by atoms with Crippen LogP contribution in [0.1, 0.15) is 18.4 Å². The molecule has 2 aromatic carbocycles. The topological polar surface area (TPSA) is 60.9 Å². The Balaban J connectivity index is 1.36. The first-order valence-corrected chi connectivity index (χ1v) is 13.2. The number of amides is 1. The first-order valence-electron chi connectivity index (χ1n) is 10.8. The van der Waals surface area contributed by atoms with E-state index in [4.69, 9.17) is 23.2 Å². The Morgan fingerprint density at radius 2 is 1.66 bits per heavy atom. The van der Waals surface area contributed by atoms with Gasteiger partial charge < -0.3 is 9.80 Å². The lowest BCUT2D eigenvalue weighted by Crippen LogP contribution is -2.53. The number of halogens is 2. The minimum Gasteiger partial charge on any atom is -0.368 e. The normalized spacial score (nSPS) is 20.4. The van der Waals surface area contributed by atoms with Crippen molar-refractivity contribution in [2.45, 2.75) is 18.6 Å². The molecule has 6 nitrogen and oxygen atoms in total. The van der Waals surface area contributed by atoms with Crippen molar-refractivity contribution in [2.75, 3.05) is 44.2 Å². The monoisotopic (exact) mass is 495 g/mol. The molecule has 0 N–H and O–H groups in total. The highest BCUT2D eigenvalue weighted by molar-refractivity contribution is 7.88. The van der Waals surface area contributed by atoms with Crippen molar-refractivity contribution >= 4 is 44.8 Å². The van der Waals surface area contributed by atoms with Crippen molar-refractivity contribution in [2.24, 2.45) is 5.92 Å². The minimum absolute atomic E-state index is 0.0622. The molecule has 0 unspecified atom stereocenters. The maximum atomic E-state index is 13.2. The molecular weight excluding hydrogens is 469 g/mol. The van der Waals surface area contributed by atoms with E-state index in [2.05, 4.69) is 17.0 Å². The second-order valence-corrected chi connectivity index (χ2v) is 11.1. The molecule has 2 heterocycles. The lowest BCUT2D eigenvalue weighted by atomic mass is 9.97. The number of para-hydroxylation sites is 1. The molecule has 1 amide bonds. The summed E-state index contributed by atoms with van der Waals surface area (Å²) in [7, 11) is -3.56. The summed E-state index contributed by atoms with van der Waals surface area (Å²) in [6.07, 6.45) is 1.40. The van der Waals surface area contributed by atoms with Crippen LogP contribution in [0.15, 0.2) is 48.5 Å². The maximum Gasteiger partial charge on any atom is 0.227 e. The second-order valence-electron chi connectivity index (χ2n) is 8.35. The number of piperidine rings is 1. The van der Waals surface area contributed by atoms with Crippen molar-refractivity contribution in [3.8, 4) is 0 Å². The van der Waals surface area contributed by atoms with Crippen LogP contribution in [0.4, 0.5) is 5.69 Å². The molecule has 2 aliphatic heterocycles. The van der Waals surface area contributed by atoms with E-state index in [1.807, 2.05) is 23.1 Å². The molecule has 0 bridgehead atoms. The Kier molecular flexibility index (Phi) is 7.30. The number of rotatable bonds is 5. The molecule has 172 valence electrons. The van der Waals surface area contributed by atoms with Gasteiger partial charge in [0.15, 0.2) is 0 Å². The predicted molar refractivity (Wildman–Crippen MR) is 129 cm³/mol. The van der Waals surface area contributed by atoms with Gasteiger partial charge in [0.1, 0.15) is 0 Å². The lowest BCUT2D eigenvalue weighted by molar-refractivity contribution is -0.137. The Bertz CT molecular complexity index is 1060. The van der Waals surface area contributed by atoms with Crippen LogP contribution in [0.3, 0.4) is 0 Å². The Morgan fingerprint density at radius 3 is 2.34 bits per heavy atom. The average Bonchev–Trinajstić information content (AvgIpc) is 2.81. The van der Waals surface area contributed by atoms with Gasteiger partial charge in [-0.05, 0) is 42.7 Å². The number of hydrogen-bond acceptors (Lipinski definition) is 4. The minimum atomic E-state index is -3.56. The molecule has 0 radical (unpaired) electrons. The summed E-state index contributed by atoms with van der Waals surface area (Å²) < 4.78 is 27.5. The average molecular weight is 496 g/mol. The zero-order valence-electron chi connectivity index (χ0n) is 17.8. The van der Waals surface area contributed by atoms with Gasteiger partial charge in [0, 0.05) is 45.0 Å². The number of carbonyl (C=O) groups excluding carboxylic acids is 1. The van der Waals surface area contributed by atoms with E-state index in [0.29, 0.717) is 41.7 Å². The van der Waals surface area contributed by atoms with Crippen molar-refractivity contribution < 1.29 is 13.2 Å². The Hall–Kier alpha value is -1.80. The second kappa shape index (κ2) is 10.00. The number of benzene rings is 2. The summed E-state index contributed by atoms with van der Waals surface area (Å²) in [6, 6.07) is 15.0. The first kappa shape index (κ1) is 23.4. The molecule has 32 heavy (non-hydrogen) atoms. The van der Waals surface area contributed by atoms with Gasteiger partial charge >= 0.3 is 0 Å². The number of carbonyl (C=O) groups is 1. The highest BCUT2D eigenvalue weighted by atomic mass is 35.5.